The van der Waals surface area contributed by atoms with E-state index >= 15 is 0 Å². The Bertz CT molecular complexity index is 507. The molecule has 4 nitrogen and oxygen atoms in total. The Hall–Kier alpha value is -1.48. The molecule has 1 aromatic heterocycles. The summed E-state index contributed by atoms with van der Waals surface area (Å²) in [6, 6.07) is 0.261. The van der Waals surface area contributed by atoms with E-state index in [1.54, 1.807) is 5.32 Å². The van der Waals surface area contributed by atoms with E-state index in [4.69, 9.17) is 16.7 Å². The maximum absolute atomic E-state index is 13.6. The molecule has 20 heavy (non-hydrogen) atoms. The van der Waals surface area contributed by atoms with Crippen LogP contribution >= 0.6 is 11.6 Å². The number of alkyl halides is 5. The summed E-state index contributed by atoms with van der Waals surface area (Å²) in [4.78, 5) is 14.1. The van der Waals surface area contributed by atoms with Gasteiger partial charge in [-0.2, -0.15) is 22.0 Å². The normalized spacial score (nSPS) is 12.3. The van der Waals surface area contributed by atoms with E-state index in [9.17, 15) is 26.7 Å². The van der Waals surface area contributed by atoms with Crippen LogP contribution in [0, 0.1) is 0 Å². The third-order valence-corrected chi connectivity index (χ3v) is 2.44. The van der Waals surface area contributed by atoms with Crippen LogP contribution in [0.5, 0.6) is 0 Å². The minimum atomic E-state index is -4.79. The van der Waals surface area contributed by atoms with E-state index in [1.807, 2.05) is 0 Å². The fraction of sp³-hybridized carbons (Fsp3) is 0.400. The molecular weight excluding hydrogens is 311 g/mol. The van der Waals surface area contributed by atoms with Gasteiger partial charge in [0.2, 0.25) is 0 Å². The highest BCUT2D eigenvalue weighted by molar-refractivity contribution is 6.31. The van der Waals surface area contributed by atoms with Crippen molar-refractivity contribution < 1.29 is 31.9 Å². The third kappa shape index (κ3) is 3.54. The minimum Gasteiger partial charge on any atom is -0.395 e. The maximum Gasteiger partial charge on any atom is 0.417 e. The van der Waals surface area contributed by atoms with Gasteiger partial charge >= 0.3 is 12.1 Å². The number of hydrogen-bond donors (Lipinski definition) is 2. The van der Waals surface area contributed by atoms with Crippen LogP contribution in [0.3, 0.4) is 0 Å². The molecule has 1 aromatic rings. The monoisotopic (exact) mass is 318 g/mol. The van der Waals surface area contributed by atoms with Crippen LogP contribution in [0.25, 0.3) is 0 Å². The van der Waals surface area contributed by atoms with Crippen molar-refractivity contribution in [3.63, 3.8) is 0 Å². The lowest BCUT2D eigenvalue weighted by atomic mass is 10.1. The number of rotatable bonds is 4. The van der Waals surface area contributed by atoms with Gasteiger partial charge in [0.15, 0.2) is 0 Å². The summed E-state index contributed by atoms with van der Waals surface area (Å²) >= 11 is 5.33. The number of carbonyl (C=O) groups excluding carboxylic acids is 1. The van der Waals surface area contributed by atoms with Gasteiger partial charge in [0, 0.05) is 12.7 Å². The highest BCUT2D eigenvalue weighted by atomic mass is 35.5. The second-order valence-corrected chi connectivity index (χ2v) is 4.01. The predicted octanol–water partition coefficient (Wildman–Crippen LogP) is 1.95. The number of amides is 1. The zero-order valence-electron chi connectivity index (χ0n) is 9.64. The van der Waals surface area contributed by atoms with Crippen molar-refractivity contribution in [2.45, 2.75) is 12.1 Å². The first-order valence-corrected chi connectivity index (χ1v) is 5.48. The lowest BCUT2D eigenvalue weighted by molar-refractivity contribution is -0.147. The number of aliphatic hydroxyl groups is 1. The highest BCUT2D eigenvalue weighted by Crippen LogP contribution is 2.36. The molecule has 0 aliphatic rings. The first-order valence-electron chi connectivity index (χ1n) is 5.11. The smallest absolute Gasteiger partial charge is 0.395 e. The molecule has 0 radical (unpaired) electrons. The zero-order valence-corrected chi connectivity index (χ0v) is 10.4. The van der Waals surface area contributed by atoms with Crippen molar-refractivity contribution in [2.24, 2.45) is 0 Å². The van der Waals surface area contributed by atoms with Crippen molar-refractivity contribution in [2.75, 3.05) is 13.2 Å². The van der Waals surface area contributed by atoms with E-state index < -0.39 is 47.4 Å². The molecular formula is C10H8ClF5N2O2. The minimum absolute atomic E-state index is 0.161. The van der Waals surface area contributed by atoms with Crippen molar-refractivity contribution in [3.05, 3.63) is 28.5 Å². The summed E-state index contributed by atoms with van der Waals surface area (Å²) in [5.74, 6) is -6.03. The Kier molecular flexibility index (Phi) is 4.87. The summed E-state index contributed by atoms with van der Waals surface area (Å²) in [7, 11) is 0. The van der Waals surface area contributed by atoms with Gasteiger partial charge in [0.25, 0.3) is 5.91 Å². The van der Waals surface area contributed by atoms with Crippen molar-refractivity contribution >= 4 is 17.5 Å². The van der Waals surface area contributed by atoms with Crippen LogP contribution in [0.4, 0.5) is 22.0 Å². The van der Waals surface area contributed by atoms with Gasteiger partial charge in [-0.05, 0) is 6.07 Å². The maximum atomic E-state index is 13.6. The Morgan fingerprint density at radius 1 is 1.35 bits per heavy atom. The SMILES string of the molecule is O=C(NCCO)C(F)(F)c1ncc(C(F)(F)F)cc1Cl. The molecule has 10 heteroatoms. The van der Waals surface area contributed by atoms with Crippen LogP contribution in [-0.2, 0) is 16.9 Å². The fourth-order valence-corrected chi connectivity index (χ4v) is 1.50. The number of halogens is 6. The molecule has 0 saturated carbocycles. The predicted molar refractivity (Wildman–Crippen MR) is 58.2 cm³/mol. The molecule has 2 N–H and O–H groups in total. The molecule has 0 saturated heterocycles. The highest BCUT2D eigenvalue weighted by Gasteiger charge is 2.45. The second-order valence-electron chi connectivity index (χ2n) is 3.61. The van der Waals surface area contributed by atoms with Gasteiger partial charge in [-0.3, -0.25) is 9.78 Å². The van der Waals surface area contributed by atoms with E-state index in [0.717, 1.165) is 0 Å². The Labute approximate surface area is 114 Å². The van der Waals surface area contributed by atoms with Gasteiger partial charge in [-0.25, -0.2) is 0 Å². The van der Waals surface area contributed by atoms with E-state index in [1.165, 1.54) is 0 Å². The molecule has 0 unspecified atom stereocenters. The largest absolute Gasteiger partial charge is 0.417 e. The molecule has 1 heterocycles. The van der Waals surface area contributed by atoms with Gasteiger partial charge in [0.1, 0.15) is 5.69 Å². The van der Waals surface area contributed by atoms with Crippen LogP contribution in [0.1, 0.15) is 11.3 Å². The Balaban J connectivity index is 3.10. The topological polar surface area (TPSA) is 62.2 Å². The number of aromatic nitrogens is 1. The quantitative estimate of drug-likeness (QED) is 0.834. The Morgan fingerprint density at radius 3 is 2.40 bits per heavy atom. The molecule has 0 bridgehead atoms. The van der Waals surface area contributed by atoms with Gasteiger partial charge in [0.05, 0.1) is 17.2 Å². The number of aliphatic hydroxyl groups excluding tert-OH is 1. The number of nitrogens with zero attached hydrogens (tertiary/aromatic N) is 1. The van der Waals surface area contributed by atoms with Gasteiger partial charge in [-0.15, -0.1) is 0 Å². The van der Waals surface area contributed by atoms with Crippen LogP contribution in [-0.4, -0.2) is 29.1 Å². The number of pyridine rings is 1. The fourth-order valence-electron chi connectivity index (χ4n) is 1.21. The van der Waals surface area contributed by atoms with Crippen molar-refractivity contribution in [1.29, 1.82) is 0 Å². The van der Waals surface area contributed by atoms with Crippen LogP contribution in [0.2, 0.25) is 5.02 Å². The summed E-state index contributed by atoms with van der Waals surface area (Å²) in [6.07, 6.45) is -4.63. The van der Waals surface area contributed by atoms with E-state index in [-0.39, 0.29) is 12.3 Å². The third-order valence-electron chi connectivity index (χ3n) is 2.15. The summed E-state index contributed by atoms with van der Waals surface area (Å²) in [5.41, 5.74) is -2.60. The molecule has 0 atom stereocenters. The second kappa shape index (κ2) is 5.88. The van der Waals surface area contributed by atoms with Crippen LogP contribution in [0.15, 0.2) is 12.3 Å². The molecule has 0 fully saturated rings. The number of hydrogen-bond acceptors (Lipinski definition) is 3. The van der Waals surface area contributed by atoms with E-state index in [2.05, 4.69) is 4.98 Å². The first kappa shape index (κ1) is 16.6. The van der Waals surface area contributed by atoms with Gasteiger partial charge in [-0.1, -0.05) is 11.6 Å². The first-order chi connectivity index (χ1) is 9.10. The lowest BCUT2D eigenvalue weighted by Crippen LogP contribution is -2.40. The molecule has 0 aliphatic carbocycles. The van der Waals surface area contributed by atoms with Gasteiger partial charge < -0.3 is 10.4 Å². The molecule has 1 amide bonds. The van der Waals surface area contributed by atoms with Crippen LogP contribution < -0.4 is 5.32 Å². The van der Waals surface area contributed by atoms with E-state index in [0.29, 0.717) is 0 Å². The summed E-state index contributed by atoms with van der Waals surface area (Å²) in [6.45, 7) is -1.01. The molecule has 0 spiro atoms. The average Bonchev–Trinajstić information content (AvgIpc) is 2.34. The molecule has 112 valence electrons. The Morgan fingerprint density at radius 2 is 1.95 bits per heavy atom. The number of nitrogens with one attached hydrogen (secondary N) is 1. The standard InChI is InChI=1S/C10H8ClF5N2O2/c11-6-3-5(10(14,15)16)4-18-7(6)9(12,13)8(20)17-1-2-19/h3-4,19H,1-2H2,(H,17,20). The summed E-state index contributed by atoms with van der Waals surface area (Å²) in [5, 5.41) is 9.11. The zero-order chi connectivity index (χ0) is 15.6. The summed E-state index contributed by atoms with van der Waals surface area (Å²) < 4.78 is 64.3. The number of carbonyl (C=O) groups is 1. The van der Waals surface area contributed by atoms with Crippen molar-refractivity contribution in [1.82, 2.24) is 10.3 Å². The molecule has 0 aromatic carbocycles. The average molecular weight is 319 g/mol. The van der Waals surface area contributed by atoms with Crippen molar-refractivity contribution in [3.8, 4) is 0 Å². The molecule has 1 rings (SSSR count). The molecule has 0 aliphatic heterocycles. The lowest BCUT2D eigenvalue weighted by Gasteiger charge is -2.17.